The van der Waals surface area contributed by atoms with Crippen molar-refractivity contribution < 1.29 is 14.6 Å². The zero-order valence-corrected chi connectivity index (χ0v) is 21.5. The number of aliphatic hydroxyl groups is 1. The van der Waals surface area contributed by atoms with Gasteiger partial charge in [0.25, 0.3) is 0 Å². The number of nitrogens with zero attached hydrogens (tertiary/aromatic N) is 2. The van der Waals surface area contributed by atoms with Crippen molar-refractivity contribution in [3.05, 3.63) is 53.6 Å². The van der Waals surface area contributed by atoms with Gasteiger partial charge < -0.3 is 25.2 Å². The van der Waals surface area contributed by atoms with Gasteiger partial charge in [0.05, 0.1) is 26.4 Å². The molecule has 1 atom stereocenters. The summed E-state index contributed by atoms with van der Waals surface area (Å²) in [5, 5.41) is 17.1. The molecule has 0 aliphatic carbocycles. The molecule has 0 saturated heterocycles. The molecule has 2 aromatic rings. The average molecular weight is 554 g/mol. The summed E-state index contributed by atoms with van der Waals surface area (Å²) in [5.74, 6) is 1.99. The molecule has 2 aromatic carbocycles. The predicted molar refractivity (Wildman–Crippen MR) is 141 cm³/mol. The molecule has 32 heavy (non-hydrogen) atoms. The molecule has 0 bridgehead atoms. The fourth-order valence-electron chi connectivity index (χ4n) is 3.73. The summed E-state index contributed by atoms with van der Waals surface area (Å²) in [6, 6.07) is 14.2. The minimum atomic E-state index is -0.532. The number of hydrogen-bond donors (Lipinski definition) is 3. The standard InChI is InChI=1S/C24H34N4O3.HI/c1-4-25-24(27-20-10-11-22(31-5-2)23(14-20)30-3)26-15-21(29)17-28-13-12-18-8-6-7-9-19(18)16-28;/h6-11,14,21,29H,4-5,12-13,15-17H2,1-3H3,(H2,25,26,27);1H. The lowest BCUT2D eigenvalue weighted by molar-refractivity contribution is 0.112. The summed E-state index contributed by atoms with van der Waals surface area (Å²) in [6.07, 6.45) is 0.492. The van der Waals surface area contributed by atoms with Crippen LogP contribution in [0.15, 0.2) is 47.5 Å². The molecule has 0 spiro atoms. The third-order valence-corrected chi connectivity index (χ3v) is 5.21. The number of ether oxygens (including phenoxy) is 2. The average Bonchev–Trinajstić information content (AvgIpc) is 2.78. The van der Waals surface area contributed by atoms with Crippen LogP contribution in [0.5, 0.6) is 11.5 Å². The minimum Gasteiger partial charge on any atom is -0.493 e. The molecule has 0 amide bonds. The highest BCUT2D eigenvalue weighted by Gasteiger charge is 2.18. The van der Waals surface area contributed by atoms with Gasteiger partial charge in [-0.1, -0.05) is 24.3 Å². The Bertz CT molecular complexity index is 878. The van der Waals surface area contributed by atoms with Crippen LogP contribution in [0.4, 0.5) is 5.69 Å². The number of aliphatic imine (C=N–C) groups is 1. The van der Waals surface area contributed by atoms with E-state index in [2.05, 4.69) is 44.8 Å². The van der Waals surface area contributed by atoms with Crippen LogP contribution in [0.1, 0.15) is 25.0 Å². The number of halogens is 1. The van der Waals surface area contributed by atoms with Gasteiger partial charge in [0.15, 0.2) is 17.5 Å². The van der Waals surface area contributed by atoms with E-state index in [0.717, 1.165) is 31.7 Å². The van der Waals surface area contributed by atoms with Crippen LogP contribution in [0.2, 0.25) is 0 Å². The summed E-state index contributed by atoms with van der Waals surface area (Å²) in [5.41, 5.74) is 3.60. The van der Waals surface area contributed by atoms with E-state index < -0.39 is 6.10 Å². The highest BCUT2D eigenvalue weighted by molar-refractivity contribution is 14.0. The van der Waals surface area contributed by atoms with E-state index >= 15 is 0 Å². The number of rotatable bonds is 9. The molecule has 0 radical (unpaired) electrons. The first-order valence-corrected chi connectivity index (χ1v) is 11.0. The van der Waals surface area contributed by atoms with Crippen LogP contribution in [-0.4, -0.2) is 62.0 Å². The summed E-state index contributed by atoms with van der Waals surface area (Å²) in [4.78, 5) is 6.87. The zero-order valence-electron chi connectivity index (χ0n) is 19.1. The topological polar surface area (TPSA) is 78.4 Å². The number of fused-ring (bicyclic) bond motifs is 1. The van der Waals surface area contributed by atoms with Crippen LogP contribution >= 0.6 is 24.0 Å². The highest BCUT2D eigenvalue weighted by atomic mass is 127. The maximum absolute atomic E-state index is 10.6. The third kappa shape index (κ3) is 7.53. The van der Waals surface area contributed by atoms with E-state index in [0.29, 0.717) is 37.2 Å². The fraction of sp³-hybridized carbons (Fsp3) is 0.458. The number of benzene rings is 2. The molecule has 8 heteroatoms. The molecule has 176 valence electrons. The number of β-amino-alcohol motifs (C(OH)–C–C–N with tert-alkyl or cyclic N) is 1. The Morgan fingerprint density at radius 1 is 1.16 bits per heavy atom. The van der Waals surface area contributed by atoms with Crippen LogP contribution in [-0.2, 0) is 13.0 Å². The third-order valence-electron chi connectivity index (χ3n) is 5.21. The Kier molecular flexibility index (Phi) is 11.1. The molecular formula is C24H35IN4O3. The van der Waals surface area contributed by atoms with E-state index in [1.807, 2.05) is 32.0 Å². The van der Waals surface area contributed by atoms with Gasteiger partial charge in [-0.25, -0.2) is 0 Å². The Hall–Kier alpha value is -2.04. The van der Waals surface area contributed by atoms with Crippen LogP contribution in [0.25, 0.3) is 0 Å². The van der Waals surface area contributed by atoms with Gasteiger partial charge in [-0.15, -0.1) is 24.0 Å². The molecule has 0 saturated carbocycles. The van der Waals surface area contributed by atoms with Gasteiger partial charge in [-0.2, -0.15) is 0 Å². The van der Waals surface area contributed by atoms with Crippen molar-refractivity contribution in [2.75, 3.05) is 45.2 Å². The molecule has 1 aliphatic rings. The van der Waals surface area contributed by atoms with Crippen molar-refractivity contribution in [2.45, 2.75) is 32.9 Å². The molecule has 7 nitrogen and oxygen atoms in total. The second kappa shape index (κ2) is 13.5. The van der Waals surface area contributed by atoms with Crippen molar-refractivity contribution in [3.8, 4) is 11.5 Å². The minimum absolute atomic E-state index is 0. The largest absolute Gasteiger partial charge is 0.493 e. The van der Waals surface area contributed by atoms with E-state index in [-0.39, 0.29) is 24.0 Å². The molecule has 1 unspecified atom stereocenters. The second-order valence-electron chi connectivity index (χ2n) is 7.55. The first-order chi connectivity index (χ1) is 15.1. The number of guanidine groups is 1. The Labute approximate surface area is 208 Å². The summed E-state index contributed by atoms with van der Waals surface area (Å²) >= 11 is 0. The van der Waals surface area contributed by atoms with Crippen LogP contribution in [0, 0.1) is 0 Å². The summed E-state index contributed by atoms with van der Waals surface area (Å²) < 4.78 is 11.0. The van der Waals surface area contributed by atoms with Gasteiger partial charge in [0, 0.05) is 37.9 Å². The first-order valence-electron chi connectivity index (χ1n) is 11.0. The van der Waals surface area contributed by atoms with Gasteiger partial charge in [0.1, 0.15) is 0 Å². The van der Waals surface area contributed by atoms with Crippen molar-refractivity contribution in [1.82, 2.24) is 10.2 Å². The second-order valence-corrected chi connectivity index (χ2v) is 7.55. The highest BCUT2D eigenvalue weighted by Crippen LogP contribution is 2.30. The van der Waals surface area contributed by atoms with Crippen molar-refractivity contribution in [1.29, 1.82) is 0 Å². The Morgan fingerprint density at radius 3 is 2.66 bits per heavy atom. The monoisotopic (exact) mass is 554 g/mol. The number of nitrogens with one attached hydrogen (secondary N) is 2. The first kappa shape index (κ1) is 26.2. The SMILES string of the molecule is CCNC(=NCC(O)CN1CCc2ccccc2C1)Nc1ccc(OCC)c(OC)c1.I. The number of methoxy groups -OCH3 is 1. The molecule has 1 aliphatic heterocycles. The lowest BCUT2D eigenvalue weighted by Crippen LogP contribution is -2.38. The van der Waals surface area contributed by atoms with Crippen LogP contribution in [0.3, 0.4) is 0 Å². The smallest absolute Gasteiger partial charge is 0.195 e. The van der Waals surface area contributed by atoms with Crippen molar-refractivity contribution >= 4 is 35.6 Å². The maximum Gasteiger partial charge on any atom is 0.195 e. The predicted octanol–water partition coefficient (Wildman–Crippen LogP) is 3.51. The quantitative estimate of drug-likeness (QED) is 0.250. The molecule has 3 rings (SSSR count). The van der Waals surface area contributed by atoms with Crippen molar-refractivity contribution in [2.24, 2.45) is 4.99 Å². The summed E-state index contributed by atoms with van der Waals surface area (Å²) in [7, 11) is 1.62. The van der Waals surface area contributed by atoms with E-state index in [1.54, 1.807) is 7.11 Å². The lowest BCUT2D eigenvalue weighted by atomic mass is 10.00. The normalized spacial score (nSPS) is 14.7. The molecule has 0 fully saturated rings. The van der Waals surface area contributed by atoms with Crippen molar-refractivity contribution in [3.63, 3.8) is 0 Å². The zero-order chi connectivity index (χ0) is 22.1. The number of aliphatic hydroxyl groups excluding tert-OH is 1. The number of anilines is 1. The Morgan fingerprint density at radius 2 is 1.94 bits per heavy atom. The van der Waals surface area contributed by atoms with Gasteiger partial charge >= 0.3 is 0 Å². The Balaban J connectivity index is 0.00000363. The number of hydrogen-bond acceptors (Lipinski definition) is 5. The van der Waals surface area contributed by atoms with Crippen LogP contribution < -0.4 is 20.1 Å². The lowest BCUT2D eigenvalue weighted by Gasteiger charge is -2.30. The molecule has 3 N–H and O–H groups in total. The van der Waals surface area contributed by atoms with E-state index in [9.17, 15) is 5.11 Å². The molecular weight excluding hydrogens is 519 g/mol. The van der Waals surface area contributed by atoms with Gasteiger partial charge in [-0.05, 0) is 43.5 Å². The maximum atomic E-state index is 10.6. The van der Waals surface area contributed by atoms with E-state index in [1.165, 1.54) is 11.1 Å². The summed E-state index contributed by atoms with van der Waals surface area (Å²) in [6.45, 7) is 8.01. The molecule has 1 heterocycles. The van der Waals surface area contributed by atoms with Gasteiger partial charge in [-0.3, -0.25) is 9.89 Å². The van der Waals surface area contributed by atoms with Gasteiger partial charge in [0.2, 0.25) is 0 Å². The van der Waals surface area contributed by atoms with E-state index in [4.69, 9.17) is 9.47 Å². The fourth-order valence-corrected chi connectivity index (χ4v) is 3.73. The molecule has 0 aromatic heterocycles.